The minimum Gasteiger partial charge on any atom is -0.491 e. The molecule has 0 unspecified atom stereocenters. The monoisotopic (exact) mass is 551 g/mol. The molecule has 1 N–H and O–H groups in total. The Labute approximate surface area is 241 Å². The number of carbonyl (C=O) groups excluding carboxylic acids is 1. The average molecular weight is 552 g/mol. The van der Waals surface area contributed by atoms with E-state index in [0.717, 1.165) is 54.1 Å². The van der Waals surface area contributed by atoms with Crippen LogP contribution in [0.2, 0.25) is 0 Å². The molecule has 1 aliphatic heterocycles. The summed E-state index contributed by atoms with van der Waals surface area (Å²) >= 11 is 0. The molecule has 3 aromatic carbocycles. The second-order valence-electron chi connectivity index (χ2n) is 11.0. The van der Waals surface area contributed by atoms with Crippen molar-refractivity contribution in [3.8, 4) is 17.0 Å². The molecule has 0 radical (unpaired) electrons. The largest absolute Gasteiger partial charge is 0.491 e. The third-order valence-electron chi connectivity index (χ3n) is 7.59. The van der Waals surface area contributed by atoms with Crippen LogP contribution in [0.4, 0.5) is 0 Å². The molecule has 41 heavy (non-hydrogen) atoms. The number of piperidine rings is 1. The van der Waals surface area contributed by atoms with Gasteiger partial charge in [0.15, 0.2) is 0 Å². The summed E-state index contributed by atoms with van der Waals surface area (Å²) in [7, 11) is 0. The highest BCUT2D eigenvalue weighted by molar-refractivity contribution is 5.97. The van der Waals surface area contributed by atoms with Crippen LogP contribution in [0.15, 0.2) is 72.8 Å². The lowest BCUT2D eigenvalue weighted by Gasteiger charge is -2.32. The second kappa shape index (κ2) is 12.9. The molecule has 212 valence electrons. The van der Waals surface area contributed by atoms with Gasteiger partial charge in [0.25, 0.3) is 5.91 Å². The van der Waals surface area contributed by atoms with Crippen LogP contribution in [0.3, 0.4) is 0 Å². The predicted octanol–water partition coefficient (Wildman–Crippen LogP) is 6.90. The summed E-state index contributed by atoms with van der Waals surface area (Å²) in [5.41, 5.74) is 5.84. The number of benzene rings is 3. The average Bonchev–Trinajstić information content (AvgIpc) is 2.99. The van der Waals surface area contributed by atoms with Crippen molar-refractivity contribution in [2.24, 2.45) is 0 Å². The van der Waals surface area contributed by atoms with Crippen molar-refractivity contribution in [3.63, 3.8) is 0 Å². The quantitative estimate of drug-likeness (QED) is 0.216. The minimum atomic E-state index is -0.800. The highest BCUT2D eigenvalue weighted by atomic mass is 16.5. The number of unbranched alkanes of at least 4 members (excludes halogenated alkanes) is 1. The van der Waals surface area contributed by atoms with Crippen LogP contribution in [0.25, 0.3) is 22.3 Å². The number of carboxylic acids is 1. The van der Waals surface area contributed by atoms with E-state index in [0.29, 0.717) is 36.3 Å². The predicted molar refractivity (Wildman–Crippen MR) is 160 cm³/mol. The van der Waals surface area contributed by atoms with Crippen LogP contribution in [-0.4, -0.2) is 51.0 Å². The first-order valence-corrected chi connectivity index (χ1v) is 14.5. The number of ether oxygens (including phenoxy) is 1. The topological polar surface area (TPSA) is 92.6 Å². The molecule has 1 aliphatic rings. The molecule has 1 amide bonds. The van der Waals surface area contributed by atoms with Crippen molar-refractivity contribution >= 4 is 22.9 Å². The van der Waals surface area contributed by atoms with Gasteiger partial charge in [-0.25, -0.2) is 9.97 Å². The Morgan fingerprint density at radius 1 is 0.927 bits per heavy atom. The summed E-state index contributed by atoms with van der Waals surface area (Å²) in [6.07, 6.45) is 3.95. The van der Waals surface area contributed by atoms with Gasteiger partial charge in [-0.15, -0.1) is 0 Å². The molecule has 0 bridgehead atoms. The minimum absolute atomic E-state index is 0.0213. The van der Waals surface area contributed by atoms with Crippen LogP contribution in [0.1, 0.15) is 73.5 Å². The maximum atomic E-state index is 13.5. The molecule has 2 heterocycles. The van der Waals surface area contributed by atoms with Crippen LogP contribution in [0, 0.1) is 0 Å². The van der Waals surface area contributed by atoms with Gasteiger partial charge in [-0.2, -0.15) is 0 Å². The van der Waals surface area contributed by atoms with Gasteiger partial charge in [0.05, 0.1) is 28.5 Å². The SMILES string of the molecule is CC(C)Oc1ccc(-c2nc3ccc(C(=O)N4CCC(c5ccccc5)CC4)cc3nc2CCCCC(=O)O)cc1. The van der Waals surface area contributed by atoms with E-state index in [1.54, 1.807) is 0 Å². The van der Waals surface area contributed by atoms with Gasteiger partial charge in [-0.1, -0.05) is 30.3 Å². The number of hydrogen-bond donors (Lipinski definition) is 1. The van der Waals surface area contributed by atoms with Gasteiger partial charge in [0.1, 0.15) is 5.75 Å². The van der Waals surface area contributed by atoms with E-state index in [4.69, 9.17) is 19.8 Å². The summed E-state index contributed by atoms with van der Waals surface area (Å²) < 4.78 is 5.79. The number of aryl methyl sites for hydroxylation is 1. The molecule has 0 atom stereocenters. The van der Waals surface area contributed by atoms with Gasteiger partial charge in [0.2, 0.25) is 0 Å². The zero-order valence-corrected chi connectivity index (χ0v) is 23.8. The van der Waals surface area contributed by atoms with Crippen molar-refractivity contribution in [3.05, 3.63) is 89.6 Å². The Morgan fingerprint density at radius 3 is 2.34 bits per heavy atom. The van der Waals surface area contributed by atoms with E-state index >= 15 is 0 Å². The first-order valence-electron chi connectivity index (χ1n) is 14.5. The van der Waals surface area contributed by atoms with E-state index in [1.807, 2.05) is 67.3 Å². The van der Waals surface area contributed by atoms with Crippen LogP contribution >= 0.6 is 0 Å². The third-order valence-corrected chi connectivity index (χ3v) is 7.59. The van der Waals surface area contributed by atoms with E-state index in [1.165, 1.54) is 5.56 Å². The molecular weight excluding hydrogens is 514 g/mol. The Balaban J connectivity index is 1.37. The van der Waals surface area contributed by atoms with Crippen molar-refractivity contribution < 1.29 is 19.4 Å². The summed E-state index contributed by atoms with van der Waals surface area (Å²) in [6.45, 7) is 5.44. The van der Waals surface area contributed by atoms with Crippen molar-refractivity contribution in [1.29, 1.82) is 0 Å². The lowest BCUT2D eigenvalue weighted by atomic mass is 9.89. The Hall–Kier alpha value is -4.26. The summed E-state index contributed by atoms with van der Waals surface area (Å²) in [5, 5.41) is 9.06. The van der Waals surface area contributed by atoms with Gasteiger partial charge >= 0.3 is 5.97 Å². The highest BCUT2D eigenvalue weighted by Gasteiger charge is 2.25. The van der Waals surface area contributed by atoms with E-state index < -0.39 is 5.97 Å². The molecule has 1 aromatic heterocycles. The highest BCUT2D eigenvalue weighted by Crippen LogP contribution is 2.30. The standard InChI is InChI=1S/C34H37N3O4/c1-23(2)41-28-15-12-26(13-16-28)33-30(10-6-7-11-32(38)39)35-31-22-27(14-17-29(31)36-33)34(40)37-20-18-25(19-21-37)24-8-4-3-5-9-24/h3-5,8-9,12-17,22-23,25H,6-7,10-11,18-21H2,1-2H3,(H,38,39). The molecule has 0 aliphatic carbocycles. The first kappa shape index (κ1) is 28.3. The smallest absolute Gasteiger partial charge is 0.303 e. The van der Waals surface area contributed by atoms with E-state index in [-0.39, 0.29) is 18.4 Å². The molecule has 1 saturated heterocycles. The summed E-state index contributed by atoms with van der Waals surface area (Å²) in [6, 6.07) is 23.9. The number of nitrogens with zero attached hydrogens (tertiary/aromatic N) is 3. The Kier molecular flexibility index (Phi) is 8.92. The maximum Gasteiger partial charge on any atom is 0.303 e. The third kappa shape index (κ3) is 7.09. The van der Waals surface area contributed by atoms with Gasteiger partial charge in [-0.05, 0) is 99.9 Å². The lowest BCUT2D eigenvalue weighted by molar-refractivity contribution is -0.137. The number of aromatic nitrogens is 2. The molecule has 4 aromatic rings. The summed E-state index contributed by atoms with van der Waals surface area (Å²) in [4.78, 5) is 36.4. The first-order chi connectivity index (χ1) is 19.9. The molecule has 0 saturated carbocycles. The normalized spacial score (nSPS) is 14.0. The molecule has 1 fully saturated rings. The fourth-order valence-electron chi connectivity index (χ4n) is 5.49. The lowest BCUT2D eigenvalue weighted by Crippen LogP contribution is -2.37. The van der Waals surface area contributed by atoms with Gasteiger partial charge in [0, 0.05) is 30.6 Å². The second-order valence-corrected chi connectivity index (χ2v) is 11.0. The van der Waals surface area contributed by atoms with Crippen LogP contribution in [0.5, 0.6) is 5.75 Å². The Bertz CT molecular complexity index is 1490. The number of aliphatic carboxylic acids is 1. The molecule has 0 spiro atoms. The number of hydrogen-bond acceptors (Lipinski definition) is 5. The number of rotatable bonds is 10. The maximum absolute atomic E-state index is 13.5. The van der Waals surface area contributed by atoms with Crippen molar-refractivity contribution in [1.82, 2.24) is 14.9 Å². The molecular formula is C34H37N3O4. The van der Waals surface area contributed by atoms with Crippen molar-refractivity contribution in [2.45, 2.75) is 64.4 Å². The van der Waals surface area contributed by atoms with Crippen molar-refractivity contribution in [2.75, 3.05) is 13.1 Å². The number of carboxylic acid groups (broad SMARTS) is 1. The molecule has 7 nitrogen and oxygen atoms in total. The zero-order chi connectivity index (χ0) is 28.8. The summed E-state index contributed by atoms with van der Waals surface area (Å²) in [5.74, 6) is 0.492. The zero-order valence-electron chi connectivity index (χ0n) is 23.8. The fourth-order valence-corrected chi connectivity index (χ4v) is 5.49. The number of amides is 1. The molecule has 7 heteroatoms. The number of fused-ring (bicyclic) bond motifs is 1. The van der Waals surface area contributed by atoms with Gasteiger partial charge in [-0.3, -0.25) is 9.59 Å². The van der Waals surface area contributed by atoms with Crippen LogP contribution < -0.4 is 4.74 Å². The Morgan fingerprint density at radius 2 is 1.66 bits per heavy atom. The van der Waals surface area contributed by atoms with Gasteiger partial charge < -0.3 is 14.7 Å². The number of carbonyl (C=O) groups is 2. The fraction of sp³-hybridized carbons (Fsp3) is 0.353. The number of likely N-dealkylation sites (tertiary alicyclic amines) is 1. The van der Waals surface area contributed by atoms with E-state index in [2.05, 4.69) is 24.3 Å². The van der Waals surface area contributed by atoms with E-state index in [9.17, 15) is 9.59 Å². The van der Waals surface area contributed by atoms with Crippen LogP contribution in [-0.2, 0) is 11.2 Å². The molecule has 5 rings (SSSR count).